The molecule has 18 heavy (non-hydrogen) atoms. The highest BCUT2D eigenvalue weighted by molar-refractivity contribution is 5.59. The molecule has 0 N–H and O–H groups in total. The molecule has 0 aromatic carbocycles. The maximum atomic E-state index is 4.49. The minimum atomic E-state index is 0.664. The van der Waals surface area contributed by atoms with Crippen molar-refractivity contribution in [2.75, 3.05) is 19.0 Å². The molecule has 6 nitrogen and oxygen atoms in total. The number of rotatable bonds is 2. The molecule has 0 saturated heterocycles. The van der Waals surface area contributed by atoms with Gasteiger partial charge in [0.2, 0.25) is 11.7 Å². The van der Waals surface area contributed by atoms with Gasteiger partial charge in [-0.25, -0.2) is 19.9 Å². The molecule has 0 fully saturated rings. The number of nitrogens with zero attached hydrogens (tertiary/aromatic N) is 6. The average molecular weight is 240 g/mol. The molecule has 0 aliphatic rings. The van der Waals surface area contributed by atoms with E-state index in [1.807, 2.05) is 41.7 Å². The first kappa shape index (κ1) is 10.6. The summed E-state index contributed by atoms with van der Waals surface area (Å²) in [6.45, 7) is 0. The van der Waals surface area contributed by atoms with Crippen LogP contribution in [0.15, 0.2) is 36.9 Å². The van der Waals surface area contributed by atoms with Gasteiger partial charge in [0.1, 0.15) is 0 Å². The maximum absolute atomic E-state index is 4.49. The third-order valence-electron chi connectivity index (χ3n) is 2.59. The summed E-state index contributed by atoms with van der Waals surface area (Å²) in [5.41, 5.74) is 1.73. The van der Waals surface area contributed by atoms with Crippen molar-refractivity contribution in [3.8, 4) is 11.4 Å². The number of anilines is 1. The van der Waals surface area contributed by atoms with Gasteiger partial charge in [0, 0.05) is 32.7 Å². The monoisotopic (exact) mass is 240 g/mol. The third kappa shape index (κ3) is 1.67. The first-order chi connectivity index (χ1) is 8.75. The Kier molecular flexibility index (Phi) is 2.40. The van der Waals surface area contributed by atoms with Gasteiger partial charge in [-0.15, -0.1) is 0 Å². The molecule has 0 radical (unpaired) electrons. The summed E-state index contributed by atoms with van der Waals surface area (Å²) in [4.78, 5) is 19.0. The van der Waals surface area contributed by atoms with E-state index in [1.165, 1.54) is 0 Å². The van der Waals surface area contributed by atoms with E-state index in [1.54, 1.807) is 18.6 Å². The molecule has 0 saturated carbocycles. The van der Waals surface area contributed by atoms with Crippen LogP contribution in [0.25, 0.3) is 17.2 Å². The molecule has 3 heterocycles. The largest absolute Gasteiger partial charge is 0.347 e. The van der Waals surface area contributed by atoms with E-state index in [4.69, 9.17) is 0 Å². The Morgan fingerprint density at radius 2 is 2.00 bits per heavy atom. The quantitative estimate of drug-likeness (QED) is 0.674. The van der Waals surface area contributed by atoms with E-state index in [-0.39, 0.29) is 0 Å². The van der Waals surface area contributed by atoms with Crippen LogP contribution in [0.2, 0.25) is 0 Å². The lowest BCUT2D eigenvalue weighted by molar-refractivity contribution is 0.995. The second-order valence-corrected chi connectivity index (χ2v) is 4.07. The van der Waals surface area contributed by atoms with Crippen LogP contribution < -0.4 is 4.90 Å². The summed E-state index contributed by atoms with van der Waals surface area (Å²) in [5, 5.41) is 0. The highest BCUT2D eigenvalue weighted by atomic mass is 15.2. The number of aromatic nitrogens is 5. The zero-order chi connectivity index (χ0) is 12.5. The number of imidazole rings is 1. The van der Waals surface area contributed by atoms with Gasteiger partial charge in [-0.2, -0.15) is 0 Å². The predicted molar refractivity (Wildman–Crippen MR) is 68.3 cm³/mol. The molecule has 0 aliphatic carbocycles. The fourth-order valence-corrected chi connectivity index (χ4v) is 1.72. The summed E-state index contributed by atoms with van der Waals surface area (Å²) in [6, 6.07) is 3.73. The van der Waals surface area contributed by atoms with E-state index in [0.29, 0.717) is 11.7 Å². The maximum Gasteiger partial charge on any atom is 0.234 e. The van der Waals surface area contributed by atoms with Gasteiger partial charge in [0.25, 0.3) is 0 Å². The van der Waals surface area contributed by atoms with Crippen LogP contribution in [0.3, 0.4) is 0 Å². The molecule has 0 unspecified atom stereocenters. The Labute approximate surface area is 104 Å². The average Bonchev–Trinajstić information content (AvgIpc) is 2.82. The molecule has 3 aromatic rings. The molecule has 0 atom stereocenters. The van der Waals surface area contributed by atoms with Gasteiger partial charge < -0.3 is 4.90 Å². The lowest BCUT2D eigenvalue weighted by Crippen LogP contribution is -2.12. The van der Waals surface area contributed by atoms with Crippen LogP contribution in [-0.4, -0.2) is 38.4 Å². The molecule has 90 valence electrons. The molecular formula is C12H12N6. The molecule has 3 aromatic heterocycles. The van der Waals surface area contributed by atoms with Gasteiger partial charge in [-0.05, 0) is 12.1 Å². The van der Waals surface area contributed by atoms with Crippen molar-refractivity contribution in [3.05, 3.63) is 36.9 Å². The normalized spacial score (nSPS) is 10.8. The molecule has 6 heteroatoms. The van der Waals surface area contributed by atoms with E-state index < -0.39 is 0 Å². The van der Waals surface area contributed by atoms with Crippen LogP contribution >= 0.6 is 0 Å². The fourth-order valence-electron chi connectivity index (χ4n) is 1.72. The van der Waals surface area contributed by atoms with Crippen LogP contribution in [0.4, 0.5) is 5.95 Å². The van der Waals surface area contributed by atoms with E-state index >= 15 is 0 Å². The summed E-state index contributed by atoms with van der Waals surface area (Å²) in [7, 11) is 3.82. The first-order valence-electron chi connectivity index (χ1n) is 5.54. The molecule has 0 bridgehead atoms. The van der Waals surface area contributed by atoms with Crippen molar-refractivity contribution in [2.24, 2.45) is 0 Å². The van der Waals surface area contributed by atoms with Crippen molar-refractivity contribution in [3.63, 3.8) is 0 Å². The zero-order valence-electron chi connectivity index (χ0n) is 10.1. The minimum absolute atomic E-state index is 0.664. The summed E-state index contributed by atoms with van der Waals surface area (Å²) >= 11 is 0. The van der Waals surface area contributed by atoms with E-state index in [2.05, 4.69) is 19.9 Å². The third-order valence-corrected chi connectivity index (χ3v) is 2.59. The standard InChI is InChI=1S/C12H12N6/c1-17(2)12-14-6-4-9(16-12)10-8-15-11-13-5-3-7-18(10)11/h3-8H,1-2H3. The lowest BCUT2D eigenvalue weighted by Gasteiger charge is -2.10. The van der Waals surface area contributed by atoms with Crippen LogP contribution in [0.5, 0.6) is 0 Å². The second-order valence-electron chi connectivity index (χ2n) is 4.07. The van der Waals surface area contributed by atoms with Crippen molar-refractivity contribution in [1.82, 2.24) is 24.3 Å². The highest BCUT2D eigenvalue weighted by Gasteiger charge is 2.09. The van der Waals surface area contributed by atoms with Crippen molar-refractivity contribution in [1.29, 1.82) is 0 Å². The van der Waals surface area contributed by atoms with Crippen LogP contribution in [0, 0.1) is 0 Å². The Morgan fingerprint density at radius 3 is 2.83 bits per heavy atom. The van der Waals surface area contributed by atoms with Gasteiger partial charge >= 0.3 is 0 Å². The van der Waals surface area contributed by atoms with Crippen molar-refractivity contribution in [2.45, 2.75) is 0 Å². The number of hydrogen-bond acceptors (Lipinski definition) is 5. The highest BCUT2D eigenvalue weighted by Crippen LogP contribution is 2.18. The fraction of sp³-hybridized carbons (Fsp3) is 0.167. The molecule has 0 aliphatic heterocycles. The number of fused-ring (bicyclic) bond motifs is 1. The Morgan fingerprint density at radius 1 is 1.11 bits per heavy atom. The topological polar surface area (TPSA) is 59.2 Å². The zero-order valence-corrected chi connectivity index (χ0v) is 10.1. The van der Waals surface area contributed by atoms with Gasteiger partial charge in [-0.3, -0.25) is 4.40 Å². The molecule has 3 rings (SSSR count). The Hall–Kier alpha value is -2.50. The smallest absolute Gasteiger partial charge is 0.234 e. The summed E-state index contributed by atoms with van der Waals surface area (Å²) in [6.07, 6.45) is 7.15. The van der Waals surface area contributed by atoms with Gasteiger partial charge in [0.15, 0.2) is 0 Å². The predicted octanol–water partition coefficient (Wildman–Crippen LogP) is 1.25. The SMILES string of the molecule is CN(C)c1nccc(-c2cnc3ncccn23)n1. The van der Waals surface area contributed by atoms with E-state index in [0.717, 1.165) is 11.4 Å². The number of hydrogen-bond donors (Lipinski definition) is 0. The van der Waals surface area contributed by atoms with Crippen molar-refractivity contribution >= 4 is 11.7 Å². The first-order valence-corrected chi connectivity index (χ1v) is 5.54. The second kappa shape index (κ2) is 4.06. The minimum Gasteiger partial charge on any atom is -0.347 e. The van der Waals surface area contributed by atoms with E-state index in [9.17, 15) is 0 Å². The summed E-state index contributed by atoms with van der Waals surface area (Å²) < 4.78 is 1.90. The van der Waals surface area contributed by atoms with Crippen LogP contribution in [-0.2, 0) is 0 Å². The molecule has 0 amide bonds. The lowest BCUT2D eigenvalue weighted by atomic mass is 10.3. The van der Waals surface area contributed by atoms with Gasteiger partial charge in [0.05, 0.1) is 17.6 Å². The molecule has 0 spiro atoms. The van der Waals surface area contributed by atoms with Gasteiger partial charge in [-0.1, -0.05) is 0 Å². The van der Waals surface area contributed by atoms with Crippen molar-refractivity contribution < 1.29 is 0 Å². The Balaban J connectivity index is 2.17. The molecular weight excluding hydrogens is 228 g/mol. The summed E-state index contributed by atoms with van der Waals surface area (Å²) in [5.74, 6) is 1.34. The van der Waals surface area contributed by atoms with Crippen LogP contribution in [0.1, 0.15) is 0 Å². The Bertz CT molecular complexity index is 688.